The summed E-state index contributed by atoms with van der Waals surface area (Å²) >= 11 is 0. The molecule has 0 radical (unpaired) electrons. The standard InChI is InChI=1S/C17H17FN2O2/c18-15-5-3-13(4-6-15)14-9-16(10-14)19-11-12-1-7-17(8-2-12)20(21)22/h1-8,14,16,19H,9-11H2. The van der Waals surface area contributed by atoms with Gasteiger partial charge in [0.2, 0.25) is 0 Å². The molecule has 1 fully saturated rings. The Kier molecular flexibility index (Phi) is 4.15. The van der Waals surface area contributed by atoms with Crippen LogP contribution in [-0.4, -0.2) is 11.0 Å². The third-order valence-electron chi connectivity index (χ3n) is 4.22. The van der Waals surface area contributed by atoms with Crippen molar-refractivity contribution in [2.24, 2.45) is 0 Å². The second kappa shape index (κ2) is 6.23. The van der Waals surface area contributed by atoms with Crippen LogP contribution in [0.1, 0.15) is 29.9 Å². The Balaban J connectivity index is 1.46. The SMILES string of the molecule is O=[N+]([O-])c1ccc(CNC2CC(c3ccc(F)cc3)C2)cc1. The summed E-state index contributed by atoms with van der Waals surface area (Å²) in [4.78, 5) is 10.2. The van der Waals surface area contributed by atoms with E-state index in [1.165, 1.54) is 29.8 Å². The number of nitro groups is 1. The van der Waals surface area contributed by atoms with Gasteiger partial charge in [0.25, 0.3) is 5.69 Å². The number of hydrogen-bond donors (Lipinski definition) is 1. The average Bonchev–Trinajstić information content (AvgIpc) is 2.48. The molecule has 2 aromatic rings. The predicted molar refractivity (Wildman–Crippen MR) is 82.1 cm³/mol. The van der Waals surface area contributed by atoms with Gasteiger partial charge in [0.1, 0.15) is 5.82 Å². The number of nitro benzene ring substituents is 1. The molecule has 5 heteroatoms. The van der Waals surface area contributed by atoms with Crippen LogP contribution < -0.4 is 5.32 Å². The third-order valence-corrected chi connectivity index (χ3v) is 4.22. The average molecular weight is 300 g/mol. The zero-order valence-electron chi connectivity index (χ0n) is 12.0. The summed E-state index contributed by atoms with van der Waals surface area (Å²) in [5, 5.41) is 14.0. The van der Waals surface area contributed by atoms with Gasteiger partial charge < -0.3 is 5.32 Å². The number of hydrogen-bond acceptors (Lipinski definition) is 3. The van der Waals surface area contributed by atoms with Crippen LogP contribution in [0, 0.1) is 15.9 Å². The van der Waals surface area contributed by atoms with Crippen molar-refractivity contribution in [2.45, 2.75) is 31.3 Å². The fourth-order valence-corrected chi connectivity index (χ4v) is 2.79. The van der Waals surface area contributed by atoms with E-state index in [1.807, 2.05) is 12.1 Å². The fourth-order valence-electron chi connectivity index (χ4n) is 2.79. The molecule has 0 spiro atoms. The minimum absolute atomic E-state index is 0.115. The van der Waals surface area contributed by atoms with Gasteiger partial charge in [-0.25, -0.2) is 4.39 Å². The first-order valence-corrected chi connectivity index (χ1v) is 7.34. The van der Waals surface area contributed by atoms with Crippen LogP contribution >= 0.6 is 0 Å². The van der Waals surface area contributed by atoms with Crippen LogP contribution in [-0.2, 0) is 6.54 Å². The molecule has 0 heterocycles. The zero-order valence-corrected chi connectivity index (χ0v) is 12.0. The summed E-state index contributed by atoms with van der Waals surface area (Å²) < 4.78 is 12.9. The zero-order chi connectivity index (χ0) is 15.5. The fraction of sp³-hybridized carbons (Fsp3) is 0.294. The summed E-state index contributed by atoms with van der Waals surface area (Å²) in [6.45, 7) is 0.707. The summed E-state index contributed by atoms with van der Waals surface area (Å²) in [7, 11) is 0. The van der Waals surface area contributed by atoms with Gasteiger partial charge in [-0.3, -0.25) is 10.1 Å². The van der Waals surface area contributed by atoms with Crippen LogP contribution in [0.4, 0.5) is 10.1 Å². The Morgan fingerprint density at radius 1 is 1.09 bits per heavy atom. The molecule has 22 heavy (non-hydrogen) atoms. The van der Waals surface area contributed by atoms with Gasteiger partial charge >= 0.3 is 0 Å². The second-order valence-corrected chi connectivity index (χ2v) is 5.72. The molecule has 3 rings (SSSR count). The molecular formula is C17H17FN2O2. The van der Waals surface area contributed by atoms with Crippen LogP contribution in [0.25, 0.3) is 0 Å². The minimum Gasteiger partial charge on any atom is -0.310 e. The van der Waals surface area contributed by atoms with E-state index >= 15 is 0 Å². The van der Waals surface area contributed by atoms with Gasteiger partial charge in [-0.2, -0.15) is 0 Å². The van der Waals surface area contributed by atoms with E-state index in [1.54, 1.807) is 12.1 Å². The predicted octanol–water partition coefficient (Wildman–Crippen LogP) is 3.77. The molecule has 0 unspecified atom stereocenters. The molecule has 0 saturated heterocycles. The van der Waals surface area contributed by atoms with Crippen molar-refractivity contribution in [3.8, 4) is 0 Å². The van der Waals surface area contributed by atoms with Gasteiger partial charge in [-0.05, 0) is 42.0 Å². The molecule has 1 aliphatic rings. The number of nitrogens with zero attached hydrogens (tertiary/aromatic N) is 1. The first-order valence-electron chi connectivity index (χ1n) is 7.34. The van der Waals surface area contributed by atoms with E-state index in [2.05, 4.69) is 5.32 Å². The Hall–Kier alpha value is -2.27. The molecule has 1 saturated carbocycles. The number of halogens is 1. The summed E-state index contributed by atoms with van der Waals surface area (Å²) in [6.07, 6.45) is 2.08. The van der Waals surface area contributed by atoms with Crippen molar-refractivity contribution in [3.63, 3.8) is 0 Å². The highest BCUT2D eigenvalue weighted by atomic mass is 19.1. The highest BCUT2D eigenvalue weighted by Crippen LogP contribution is 2.36. The number of non-ortho nitro benzene ring substituents is 1. The van der Waals surface area contributed by atoms with Gasteiger partial charge in [-0.15, -0.1) is 0 Å². The lowest BCUT2D eigenvalue weighted by molar-refractivity contribution is -0.384. The van der Waals surface area contributed by atoms with Gasteiger partial charge in [0, 0.05) is 24.7 Å². The molecule has 4 nitrogen and oxygen atoms in total. The molecule has 114 valence electrons. The van der Waals surface area contributed by atoms with Crippen molar-refractivity contribution in [1.29, 1.82) is 0 Å². The summed E-state index contributed by atoms with van der Waals surface area (Å²) in [5.41, 5.74) is 2.34. The van der Waals surface area contributed by atoms with E-state index in [4.69, 9.17) is 0 Å². The molecule has 0 aliphatic heterocycles. The van der Waals surface area contributed by atoms with Crippen molar-refractivity contribution in [1.82, 2.24) is 5.32 Å². The highest BCUT2D eigenvalue weighted by Gasteiger charge is 2.29. The highest BCUT2D eigenvalue weighted by molar-refractivity contribution is 5.33. The van der Waals surface area contributed by atoms with Gasteiger partial charge in [-0.1, -0.05) is 24.3 Å². The lowest BCUT2D eigenvalue weighted by Gasteiger charge is -2.36. The van der Waals surface area contributed by atoms with E-state index < -0.39 is 4.92 Å². The first kappa shape index (κ1) is 14.7. The van der Waals surface area contributed by atoms with Gasteiger partial charge in [0.05, 0.1) is 4.92 Å². The number of rotatable bonds is 5. The van der Waals surface area contributed by atoms with Crippen molar-refractivity contribution in [3.05, 3.63) is 75.6 Å². The number of benzene rings is 2. The largest absolute Gasteiger partial charge is 0.310 e. The van der Waals surface area contributed by atoms with Crippen LogP contribution in [0.5, 0.6) is 0 Å². The Morgan fingerprint density at radius 3 is 2.32 bits per heavy atom. The Labute approximate surface area is 128 Å². The maximum Gasteiger partial charge on any atom is 0.269 e. The van der Waals surface area contributed by atoms with Gasteiger partial charge in [0.15, 0.2) is 0 Å². The number of nitrogens with one attached hydrogen (secondary N) is 1. The summed E-state index contributed by atoms with van der Waals surface area (Å²) in [6, 6.07) is 13.8. The monoisotopic (exact) mass is 300 g/mol. The Bertz CT molecular complexity index is 649. The molecule has 2 aromatic carbocycles. The third kappa shape index (κ3) is 3.31. The van der Waals surface area contributed by atoms with Crippen molar-refractivity contribution in [2.75, 3.05) is 0 Å². The second-order valence-electron chi connectivity index (χ2n) is 5.72. The molecule has 1 N–H and O–H groups in total. The molecular weight excluding hydrogens is 283 g/mol. The lowest BCUT2D eigenvalue weighted by Crippen LogP contribution is -2.39. The minimum atomic E-state index is -0.392. The molecule has 0 amide bonds. The molecule has 1 aliphatic carbocycles. The van der Waals surface area contributed by atoms with E-state index in [0.717, 1.165) is 18.4 Å². The van der Waals surface area contributed by atoms with Crippen molar-refractivity contribution >= 4 is 5.69 Å². The maximum absolute atomic E-state index is 12.9. The first-order chi connectivity index (χ1) is 10.6. The van der Waals surface area contributed by atoms with Crippen LogP contribution in [0.15, 0.2) is 48.5 Å². The quantitative estimate of drug-likeness (QED) is 0.675. The lowest BCUT2D eigenvalue weighted by atomic mass is 9.76. The molecule has 0 atom stereocenters. The topological polar surface area (TPSA) is 55.2 Å². The summed E-state index contributed by atoms with van der Waals surface area (Å²) in [5.74, 6) is 0.297. The smallest absolute Gasteiger partial charge is 0.269 e. The van der Waals surface area contributed by atoms with Crippen LogP contribution in [0.2, 0.25) is 0 Å². The van der Waals surface area contributed by atoms with Crippen LogP contribution in [0.3, 0.4) is 0 Å². The van der Waals surface area contributed by atoms with E-state index in [0.29, 0.717) is 18.5 Å². The Morgan fingerprint density at radius 2 is 1.73 bits per heavy atom. The molecule has 0 aromatic heterocycles. The van der Waals surface area contributed by atoms with Crippen molar-refractivity contribution < 1.29 is 9.31 Å². The maximum atomic E-state index is 12.9. The normalized spacial score (nSPS) is 20.4. The van der Waals surface area contributed by atoms with E-state index in [-0.39, 0.29) is 11.5 Å². The molecule has 0 bridgehead atoms. The van der Waals surface area contributed by atoms with E-state index in [9.17, 15) is 14.5 Å².